The number of nitrogens with one attached hydrogen (secondary N) is 1. The van der Waals surface area contributed by atoms with Gasteiger partial charge in [-0.2, -0.15) is 17.0 Å². The monoisotopic (exact) mass is 265 g/mol. The highest BCUT2D eigenvalue weighted by molar-refractivity contribution is 7.86. The second kappa shape index (κ2) is 5.62. The van der Waals surface area contributed by atoms with E-state index >= 15 is 0 Å². The Balaban J connectivity index is 2.91. The third-order valence-electron chi connectivity index (χ3n) is 3.17. The maximum Gasteiger partial charge on any atom is 0.281 e. The number of aliphatic hydroxyl groups excluding tert-OH is 1. The minimum atomic E-state index is -3.46. The Morgan fingerprint density at radius 2 is 2.06 bits per heavy atom. The lowest BCUT2D eigenvalue weighted by Crippen LogP contribution is -2.62. The molecule has 6 nitrogen and oxygen atoms in total. The number of piperazine rings is 1. The van der Waals surface area contributed by atoms with Crippen molar-refractivity contribution in [2.24, 2.45) is 5.92 Å². The normalized spacial score (nSPS) is 27.9. The predicted octanol–water partition coefficient (Wildman–Crippen LogP) is -0.916. The van der Waals surface area contributed by atoms with Gasteiger partial charge in [-0.3, -0.25) is 0 Å². The molecule has 1 saturated heterocycles. The van der Waals surface area contributed by atoms with Crippen LogP contribution in [-0.2, 0) is 10.2 Å². The molecule has 7 heteroatoms. The van der Waals surface area contributed by atoms with Crippen LogP contribution < -0.4 is 5.32 Å². The second-order valence-corrected chi connectivity index (χ2v) is 7.05. The van der Waals surface area contributed by atoms with Crippen molar-refractivity contribution in [2.45, 2.75) is 25.9 Å². The van der Waals surface area contributed by atoms with E-state index in [2.05, 4.69) is 19.2 Å². The molecular formula is C10H23N3O3S. The van der Waals surface area contributed by atoms with Crippen LogP contribution in [0.25, 0.3) is 0 Å². The van der Waals surface area contributed by atoms with Gasteiger partial charge in [0.05, 0.1) is 12.6 Å². The summed E-state index contributed by atoms with van der Waals surface area (Å²) in [5.41, 5.74) is 0. The van der Waals surface area contributed by atoms with Crippen LogP contribution in [0.5, 0.6) is 0 Å². The highest BCUT2D eigenvalue weighted by Crippen LogP contribution is 2.17. The van der Waals surface area contributed by atoms with Gasteiger partial charge in [0, 0.05) is 33.2 Å². The molecule has 2 unspecified atom stereocenters. The summed E-state index contributed by atoms with van der Waals surface area (Å²) in [7, 11) is -0.441. The number of rotatable bonds is 4. The van der Waals surface area contributed by atoms with Crippen molar-refractivity contribution in [3.8, 4) is 0 Å². The van der Waals surface area contributed by atoms with E-state index in [9.17, 15) is 13.5 Å². The van der Waals surface area contributed by atoms with Gasteiger partial charge in [0.1, 0.15) is 0 Å². The Morgan fingerprint density at radius 3 is 2.47 bits per heavy atom. The summed E-state index contributed by atoms with van der Waals surface area (Å²) in [4.78, 5) is 0. The van der Waals surface area contributed by atoms with Crippen molar-refractivity contribution in [2.75, 3.05) is 33.8 Å². The Kier molecular flexibility index (Phi) is 4.91. The number of aliphatic hydroxyl groups is 1. The topological polar surface area (TPSA) is 72.9 Å². The molecule has 0 spiro atoms. The van der Waals surface area contributed by atoms with Crippen molar-refractivity contribution in [1.29, 1.82) is 0 Å². The van der Waals surface area contributed by atoms with Crippen LogP contribution in [0.1, 0.15) is 13.8 Å². The van der Waals surface area contributed by atoms with Gasteiger partial charge in [-0.25, -0.2) is 0 Å². The first-order valence-corrected chi connectivity index (χ1v) is 7.24. The summed E-state index contributed by atoms with van der Waals surface area (Å²) < 4.78 is 26.9. The van der Waals surface area contributed by atoms with Gasteiger partial charge < -0.3 is 10.4 Å². The van der Waals surface area contributed by atoms with Crippen LogP contribution in [0.4, 0.5) is 0 Å². The lowest BCUT2D eigenvalue weighted by Gasteiger charge is -2.41. The zero-order valence-electron chi connectivity index (χ0n) is 10.9. The van der Waals surface area contributed by atoms with E-state index < -0.39 is 10.2 Å². The summed E-state index contributed by atoms with van der Waals surface area (Å²) in [6, 6.07) is -0.245. The summed E-state index contributed by atoms with van der Waals surface area (Å²) in [6.45, 7) is 4.84. The fraction of sp³-hybridized carbons (Fsp3) is 1.00. The third kappa shape index (κ3) is 3.17. The van der Waals surface area contributed by atoms with Crippen LogP contribution in [0.2, 0.25) is 0 Å². The highest BCUT2D eigenvalue weighted by Gasteiger charge is 2.37. The van der Waals surface area contributed by atoms with E-state index in [1.807, 2.05) is 0 Å². The first-order valence-electron chi connectivity index (χ1n) is 5.84. The zero-order chi connectivity index (χ0) is 13.2. The second-order valence-electron chi connectivity index (χ2n) is 4.96. The van der Waals surface area contributed by atoms with Crippen molar-refractivity contribution < 1.29 is 13.5 Å². The summed E-state index contributed by atoms with van der Waals surface area (Å²) in [5, 5.41) is 12.5. The maximum atomic E-state index is 12.1. The van der Waals surface area contributed by atoms with E-state index in [0.29, 0.717) is 19.0 Å². The van der Waals surface area contributed by atoms with Crippen molar-refractivity contribution in [1.82, 2.24) is 13.9 Å². The molecule has 0 radical (unpaired) electrons. The van der Waals surface area contributed by atoms with Gasteiger partial charge in [-0.15, -0.1) is 0 Å². The van der Waals surface area contributed by atoms with Crippen molar-refractivity contribution >= 4 is 10.2 Å². The molecule has 0 aliphatic carbocycles. The van der Waals surface area contributed by atoms with E-state index in [4.69, 9.17) is 0 Å². The Bertz CT molecular complexity index is 343. The molecule has 0 aromatic heterocycles. The summed E-state index contributed by atoms with van der Waals surface area (Å²) >= 11 is 0. The maximum absolute atomic E-state index is 12.1. The van der Waals surface area contributed by atoms with Gasteiger partial charge in [-0.05, 0) is 5.92 Å². The molecule has 0 aromatic rings. The lowest BCUT2D eigenvalue weighted by molar-refractivity contribution is 0.128. The van der Waals surface area contributed by atoms with E-state index in [1.54, 1.807) is 0 Å². The Labute approximate surface area is 104 Å². The van der Waals surface area contributed by atoms with Crippen LogP contribution in [0.3, 0.4) is 0 Å². The number of nitrogens with zero attached hydrogens (tertiary/aromatic N) is 2. The average molecular weight is 265 g/mol. The van der Waals surface area contributed by atoms with E-state index in [0.717, 1.165) is 0 Å². The minimum Gasteiger partial charge on any atom is -0.395 e. The molecule has 2 N–H and O–H groups in total. The fourth-order valence-electron chi connectivity index (χ4n) is 1.89. The molecule has 1 aliphatic heterocycles. The quantitative estimate of drug-likeness (QED) is 0.690. The Hall–Kier alpha value is -0.210. The highest BCUT2D eigenvalue weighted by atomic mass is 32.2. The molecule has 2 atom stereocenters. The van der Waals surface area contributed by atoms with E-state index in [1.165, 1.54) is 22.7 Å². The third-order valence-corrected chi connectivity index (χ3v) is 5.14. The molecular weight excluding hydrogens is 242 g/mol. The minimum absolute atomic E-state index is 0.132. The van der Waals surface area contributed by atoms with Crippen LogP contribution >= 0.6 is 0 Å². The van der Waals surface area contributed by atoms with Crippen LogP contribution in [0.15, 0.2) is 0 Å². The van der Waals surface area contributed by atoms with Crippen molar-refractivity contribution in [3.63, 3.8) is 0 Å². The molecule has 1 aliphatic rings. The van der Waals surface area contributed by atoms with Gasteiger partial charge in [0.2, 0.25) is 0 Å². The first kappa shape index (κ1) is 14.8. The first-order chi connectivity index (χ1) is 7.80. The Morgan fingerprint density at radius 1 is 1.47 bits per heavy atom. The molecule has 0 bridgehead atoms. The fourth-order valence-corrected chi connectivity index (χ4v) is 3.18. The van der Waals surface area contributed by atoms with Gasteiger partial charge in [0.15, 0.2) is 0 Å². The molecule has 17 heavy (non-hydrogen) atoms. The SMILES string of the molecule is CC(C)C1CN(S(=O)(=O)N(C)C)C(CO)CN1. The molecule has 0 amide bonds. The standard InChI is InChI=1S/C10H23N3O3S/c1-8(2)10-6-13(9(7-14)5-11-10)17(15,16)12(3)4/h8-11,14H,5-7H2,1-4H3. The lowest BCUT2D eigenvalue weighted by atomic mass is 10.0. The average Bonchev–Trinajstić information content (AvgIpc) is 2.27. The summed E-state index contributed by atoms with van der Waals surface area (Å²) in [6.07, 6.45) is 0. The molecule has 1 rings (SSSR count). The van der Waals surface area contributed by atoms with Crippen molar-refractivity contribution in [3.05, 3.63) is 0 Å². The largest absolute Gasteiger partial charge is 0.395 e. The molecule has 1 fully saturated rings. The predicted molar refractivity (Wildman–Crippen MR) is 66.8 cm³/mol. The van der Waals surface area contributed by atoms with Crippen LogP contribution in [0, 0.1) is 5.92 Å². The summed E-state index contributed by atoms with van der Waals surface area (Å²) in [5.74, 6) is 0.356. The number of hydrogen-bond acceptors (Lipinski definition) is 4. The van der Waals surface area contributed by atoms with Gasteiger partial charge >= 0.3 is 0 Å². The molecule has 0 saturated carbocycles. The molecule has 1 heterocycles. The van der Waals surface area contributed by atoms with E-state index in [-0.39, 0.29) is 18.7 Å². The van der Waals surface area contributed by atoms with Gasteiger partial charge in [0.25, 0.3) is 10.2 Å². The molecule has 0 aromatic carbocycles. The molecule has 102 valence electrons. The van der Waals surface area contributed by atoms with Gasteiger partial charge in [-0.1, -0.05) is 13.8 Å². The smallest absolute Gasteiger partial charge is 0.281 e. The zero-order valence-corrected chi connectivity index (χ0v) is 11.7. The van der Waals surface area contributed by atoms with Crippen LogP contribution in [-0.4, -0.2) is 68.0 Å². The number of hydrogen-bond donors (Lipinski definition) is 2.